The van der Waals surface area contributed by atoms with Gasteiger partial charge in [0.1, 0.15) is 22.4 Å². The van der Waals surface area contributed by atoms with E-state index in [9.17, 15) is 18.4 Å². The molecule has 2 amide bonds. The van der Waals surface area contributed by atoms with Crippen molar-refractivity contribution in [3.8, 4) is 0 Å². The predicted octanol–water partition coefficient (Wildman–Crippen LogP) is 4.05. The number of halogens is 4. The highest BCUT2D eigenvalue weighted by Gasteiger charge is 2.39. The number of amides is 2. The van der Waals surface area contributed by atoms with Crippen LogP contribution in [0.2, 0.25) is 5.02 Å². The van der Waals surface area contributed by atoms with Gasteiger partial charge in [0.2, 0.25) is 0 Å². The molecule has 24 heavy (non-hydrogen) atoms. The minimum atomic E-state index is -0.816. The van der Waals surface area contributed by atoms with Gasteiger partial charge < -0.3 is 5.32 Å². The Morgan fingerprint density at radius 2 is 1.62 bits per heavy atom. The molecule has 8 heteroatoms. The third kappa shape index (κ3) is 2.74. The van der Waals surface area contributed by atoms with E-state index in [2.05, 4.69) is 5.32 Å². The molecule has 0 spiro atoms. The Labute approximate surface area is 145 Å². The fourth-order valence-corrected chi connectivity index (χ4v) is 2.55. The summed E-state index contributed by atoms with van der Waals surface area (Å²) < 4.78 is 27.0. The Hall–Kier alpha value is -2.44. The molecule has 3 rings (SSSR count). The molecule has 0 fully saturated rings. The smallest absolute Gasteiger partial charge is 0.283 e. The Morgan fingerprint density at radius 1 is 0.917 bits per heavy atom. The van der Waals surface area contributed by atoms with Gasteiger partial charge in [-0.15, -0.1) is 0 Å². The summed E-state index contributed by atoms with van der Waals surface area (Å²) in [6, 6.07) is 8.98. The number of nitrogens with one attached hydrogen (secondary N) is 1. The molecule has 1 aliphatic heterocycles. The minimum Gasteiger partial charge on any atom is -0.347 e. The van der Waals surface area contributed by atoms with Crippen molar-refractivity contribution in [2.75, 3.05) is 10.2 Å². The van der Waals surface area contributed by atoms with Crippen molar-refractivity contribution in [2.45, 2.75) is 0 Å². The summed E-state index contributed by atoms with van der Waals surface area (Å²) in [7, 11) is 0. The Morgan fingerprint density at radius 3 is 2.29 bits per heavy atom. The van der Waals surface area contributed by atoms with Crippen LogP contribution in [0.4, 0.5) is 20.2 Å². The van der Waals surface area contributed by atoms with Crippen LogP contribution in [0.5, 0.6) is 0 Å². The average Bonchev–Trinajstić information content (AvgIpc) is 2.76. The third-order valence-corrected chi connectivity index (χ3v) is 3.96. The molecule has 0 atom stereocenters. The zero-order valence-corrected chi connectivity index (χ0v) is 13.3. The van der Waals surface area contributed by atoms with Crippen LogP contribution >= 0.6 is 23.2 Å². The molecule has 0 saturated carbocycles. The molecule has 1 N–H and O–H groups in total. The highest BCUT2D eigenvalue weighted by Crippen LogP contribution is 2.32. The van der Waals surface area contributed by atoms with Crippen LogP contribution in [-0.4, -0.2) is 11.8 Å². The lowest BCUT2D eigenvalue weighted by molar-refractivity contribution is -0.120. The zero-order chi connectivity index (χ0) is 17.4. The van der Waals surface area contributed by atoms with Crippen molar-refractivity contribution in [2.24, 2.45) is 0 Å². The summed E-state index contributed by atoms with van der Waals surface area (Å²) in [5, 5.41) is 1.87. The molecule has 2 aromatic rings. The molecule has 122 valence electrons. The lowest BCUT2D eigenvalue weighted by Gasteiger charge is -2.15. The van der Waals surface area contributed by atoms with E-state index in [0.717, 1.165) is 17.0 Å². The maximum Gasteiger partial charge on any atom is 0.283 e. The van der Waals surface area contributed by atoms with Crippen LogP contribution in [0, 0.1) is 11.6 Å². The van der Waals surface area contributed by atoms with Gasteiger partial charge in [-0.3, -0.25) is 9.59 Å². The number of anilines is 2. The second kappa shape index (κ2) is 6.22. The Bertz CT molecular complexity index is 899. The molecule has 0 radical (unpaired) electrons. The van der Waals surface area contributed by atoms with E-state index in [1.54, 1.807) is 6.07 Å². The normalized spacial score (nSPS) is 14.6. The molecule has 4 nitrogen and oxygen atoms in total. The number of para-hydroxylation sites is 1. The summed E-state index contributed by atoms with van der Waals surface area (Å²) in [5.74, 6) is -2.92. The summed E-state index contributed by atoms with van der Waals surface area (Å²) in [6.07, 6.45) is 0. The quantitative estimate of drug-likeness (QED) is 0.831. The number of carbonyl (C=O) groups is 2. The topological polar surface area (TPSA) is 49.4 Å². The summed E-state index contributed by atoms with van der Waals surface area (Å²) >= 11 is 11.6. The summed E-state index contributed by atoms with van der Waals surface area (Å²) in [5.41, 5.74) is -0.224. The van der Waals surface area contributed by atoms with E-state index >= 15 is 0 Å². The SMILES string of the molecule is O=C1C(Cl)=C(Nc2ccccc2F)C(=O)N1c1ccc(F)c(Cl)c1. The van der Waals surface area contributed by atoms with E-state index in [1.807, 2.05) is 0 Å². The van der Waals surface area contributed by atoms with Gasteiger partial charge in [0.15, 0.2) is 0 Å². The number of hydrogen-bond acceptors (Lipinski definition) is 3. The van der Waals surface area contributed by atoms with Crippen LogP contribution in [0.15, 0.2) is 53.2 Å². The van der Waals surface area contributed by atoms with Gasteiger partial charge in [-0.05, 0) is 30.3 Å². The molecule has 0 bridgehead atoms. The third-order valence-electron chi connectivity index (χ3n) is 3.32. The molecule has 0 unspecified atom stereocenters. The van der Waals surface area contributed by atoms with Gasteiger partial charge in [-0.25, -0.2) is 13.7 Å². The van der Waals surface area contributed by atoms with Crippen molar-refractivity contribution >= 4 is 46.4 Å². The number of hydrogen-bond donors (Lipinski definition) is 1. The zero-order valence-electron chi connectivity index (χ0n) is 11.8. The number of benzene rings is 2. The van der Waals surface area contributed by atoms with Crippen molar-refractivity contribution in [3.63, 3.8) is 0 Å². The minimum absolute atomic E-state index is 0.00853. The van der Waals surface area contributed by atoms with Gasteiger partial charge in [-0.2, -0.15) is 0 Å². The first kappa shape index (κ1) is 16.4. The molecule has 0 aliphatic carbocycles. The second-order valence-electron chi connectivity index (χ2n) is 4.84. The lowest BCUT2D eigenvalue weighted by atomic mass is 10.2. The monoisotopic (exact) mass is 368 g/mol. The van der Waals surface area contributed by atoms with Crippen LogP contribution in [-0.2, 0) is 9.59 Å². The molecular formula is C16H8Cl2F2N2O2. The van der Waals surface area contributed by atoms with Crippen LogP contribution in [0.25, 0.3) is 0 Å². The van der Waals surface area contributed by atoms with Gasteiger partial charge in [0.05, 0.1) is 16.4 Å². The van der Waals surface area contributed by atoms with E-state index in [1.165, 1.54) is 24.3 Å². The van der Waals surface area contributed by atoms with E-state index < -0.39 is 28.5 Å². The van der Waals surface area contributed by atoms with Gasteiger partial charge in [-0.1, -0.05) is 35.3 Å². The van der Waals surface area contributed by atoms with Crippen molar-refractivity contribution in [1.29, 1.82) is 0 Å². The maximum absolute atomic E-state index is 13.7. The number of imide groups is 1. The molecule has 2 aromatic carbocycles. The number of carbonyl (C=O) groups excluding carboxylic acids is 2. The van der Waals surface area contributed by atoms with E-state index in [4.69, 9.17) is 23.2 Å². The number of nitrogens with zero attached hydrogens (tertiary/aromatic N) is 1. The molecule has 0 saturated heterocycles. The molecule has 1 heterocycles. The summed E-state index contributed by atoms with van der Waals surface area (Å²) in [6.45, 7) is 0. The van der Waals surface area contributed by atoms with Gasteiger partial charge in [0.25, 0.3) is 11.8 Å². The number of rotatable bonds is 3. The highest BCUT2D eigenvalue weighted by atomic mass is 35.5. The molecule has 1 aliphatic rings. The summed E-state index contributed by atoms with van der Waals surface area (Å²) in [4.78, 5) is 25.5. The lowest BCUT2D eigenvalue weighted by Crippen LogP contribution is -2.32. The van der Waals surface area contributed by atoms with Crippen LogP contribution < -0.4 is 10.2 Å². The van der Waals surface area contributed by atoms with Crippen LogP contribution in [0.1, 0.15) is 0 Å². The highest BCUT2D eigenvalue weighted by molar-refractivity contribution is 6.53. The van der Waals surface area contributed by atoms with E-state index in [-0.39, 0.29) is 22.1 Å². The van der Waals surface area contributed by atoms with Gasteiger partial charge >= 0.3 is 0 Å². The molecule has 0 aromatic heterocycles. The maximum atomic E-state index is 13.7. The Kier molecular flexibility index (Phi) is 4.26. The van der Waals surface area contributed by atoms with Crippen molar-refractivity contribution in [1.82, 2.24) is 0 Å². The van der Waals surface area contributed by atoms with Crippen molar-refractivity contribution in [3.05, 3.63) is 69.9 Å². The fourth-order valence-electron chi connectivity index (χ4n) is 2.17. The van der Waals surface area contributed by atoms with E-state index in [0.29, 0.717) is 0 Å². The standard InChI is InChI=1S/C16H8Cl2F2N2O2/c17-9-7-8(5-6-10(9)19)22-15(23)13(18)14(16(22)24)21-12-4-2-1-3-11(12)20/h1-7,21H. The first-order valence-corrected chi connectivity index (χ1v) is 7.41. The molecular weight excluding hydrogens is 361 g/mol. The first-order valence-electron chi connectivity index (χ1n) is 6.65. The largest absolute Gasteiger partial charge is 0.347 e. The first-order chi connectivity index (χ1) is 11.4. The van der Waals surface area contributed by atoms with Crippen LogP contribution in [0.3, 0.4) is 0 Å². The second-order valence-corrected chi connectivity index (χ2v) is 5.62. The average molecular weight is 369 g/mol. The van der Waals surface area contributed by atoms with Crippen molar-refractivity contribution < 1.29 is 18.4 Å². The Balaban J connectivity index is 1.95. The van der Waals surface area contributed by atoms with Gasteiger partial charge in [0, 0.05) is 0 Å². The predicted molar refractivity (Wildman–Crippen MR) is 86.8 cm³/mol. The fraction of sp³-hybridized carbons (Fsp3) is 0.